The van der Waals surface area contributed by atoms with Crippen LogP contribution in [0.2, 0.25) is 0 Å². The summed E-state index contributed by atoms with van der Waals surface area (Å²) in [6.45, 7) is 29.0. The topological polar surface area (TPSA) is 76.7 Å². The Morgan fingerprint density at radius 1 is 0.519 bits per heavy atom. The number of ether oxygens (including phenoxy) is 2. The van der Waals surface area contributed by atoms with Crippen LogP contribution >= 0.6 is 0 Å². The smallest absolute Gasteiger partial charge is 0.251 e. The lowest BCUT2D eigenvalue weighted by Crippen LogP contribution is -2.28. The van der Waals surface area contributed by atoms with Crippen LogP contribution < -0.4 is 20.1 Å². The molecule has 6 heteroatoms. The maximum Gasteiger partial charge on any atom is 0.251 e. The van der Waals surface area contributed by atoms with Crippen molar-refractivity contribution in [2.24, 2.45) is 0 Å². The number of nitrogens with one attached hydrogen (secondary N) is 2. The molecule has 0 spiro atoms. The third kappa shape index (κ3) is 11.1. The van der Waals surface area contributed by atoms with E-state index in [4.69, 9.17) is 9.47 Å². The van der Waals surface area contributed by atoms with Crippen molar-refractivity contribution < 1.29 is 19.1 Å². The van der Waals surface area contributed by atoms with Crippen LogP contribution in [0.3, 0.4) is 0 Å². The molecule has 2 N–H and O–H groups in total. The van der Waals surface area contributed by atoms with Crippen molar-refractivity contribution in [3.8, 4) is 11.5 Å². The van der Waals surface area contributed by atoms with Gasteiger partial charge in [0.15, 0.2) is 0 Å². The van der Waals surface area contributed by atoms with E-state index in [2.05, 4.69) is 130 Å². The van der Waals surface area contributed by atoms with Crippen LogP contribution in [0.25, 0.3) is 0 Å². The molecule has 3 rings (SSSR count). The molecule has 3 aromatic rings. The second-order valence-corrected chi connectivity index (χ2v) is 16.9. The lowest BCUT2D eigenvalue weighted by atomic mass is 9.76. The Morgan fingerprint density at radius 3 is 1.23 bits per heavy atom. The summed E-state index contributed by atoms with van der Waals surface area (Å²) in [4.78, 5) is 26.0. The highest BCUT2D eigenvalue weighted by Crippen LogP contribution is 2.40. The zero-order chi connectivity index (χ0) is 38.7. The van der Waals surface area contributed by atoms with Gasteiger partial charge in [-0.15, -0.1) is 0 Å². The predicted molar refractivity (Wildman–Crippen MR) is 217 cm³/mol. The van der Waals surface area contributed by atoms with Crippen molar-refractivity contribution in [2.75, 3.05) is 26.3 Å². The van der Waals surface area contributed by atoms with E-state index < -0.39 is 0 Å². The number of amides is 2. The van der Waals surface area contributed by atoms with E-state index in [9.17, 15) is 9.59 Å². The molecule has 0 atom stereocenters. The van der Waals surface area contributed by atoms with Gasteiger partial charge in [-0.25, -0.2) is 0 Å². The van der Waals surface area contributed by atoms with E-state index in [0.717, 1.165) is 37.2 Å². The monoisotopic (exact) mass is 713 g/mol. The Balaban J connectivity index is 1.50. The van der Waals surface area contributed by atoms with Crippen LogP contribution in [0, 0.1) is 0 Å². The lowest BCUT2D eigenvalue weighted by molar-refractivity contribution is 0.0950. The van der Waals surface area contributed by atoms with Gasteiger partial charge < -0.3 is 20.1 Å². The molecule has 0 saturated carbocycles. The molecule has 0 aromatic heterocycles. The largest absolute Gasteiger partial charge is 0.493 e. The molecular formula is C46H68N2O4. The van der Waals surface area contributed by atoms with E-state index in [1.807, 2.05) is 0 Å². The summed E-state index contributed by atoms with van der Waals surface area (Å²) < 4.78 is 12.6. The molecule has 286 valence electrons. The van der Waals surface area contributed by atoms with Gasteiger partial charge in [-0.2, -0.15) is 0 Å². The summed E-state index contributed by atoms with van der Waals surface area (Å²) >= 11 is 0. The first-order valence-electron chi connectivity index (χ1n) is 19.6. The van der Waals surface area contributed by atoms with Gasteiger partial charge in [-0.1, -0.05) is 113 Å². The highest BCUT2D eigenvalue weighted by Gasteiger charge is 2.28. The van der Waals surface area contributed by atoms with Crippen molar-refractivity contribution in [3.63, 3.8) is 0 Å². The van der Waals surface area contributed by atoms with Gasteiger partial charge in [-0.3, -0.25) is 9.59 Å². The van der Waals surface area contributed by atoms with E-state index in [1.165, 1.54) is 22.3 Å². The van der Waals surface area contributed by atoms with Crippen LogP contribution in [0.15, 0.2) is 60.7 Å². The van der Waals surface area contributed by atoms with Crippen LogP contribution in [0.1, 0.15) is 165 Å². The molecule has 6 nitrogen and oxygen atoms in total. The number of hydrogen-bond donors (Lipinski definition) is 2. The molecule has 0 aliphatic rings. The van der Waals surface area contributed by atoms with Crippen LogP contribution in [-0.2, 0) is 21.7 Å². The Morgan fingerprint density at radius 2 is 0.885 bits per heavy atom. The molecule has 0 heterocycles. The zero-order valence-electron chi connectivity index (χ0n) is 34.5. The molecule has 3 aromatic carbocycles. The van der Waals surface area contributed by atoms with E-state index in [1.54, 1.807) is 24.3 Å². The molecule has 0 unspecified atom stereocenters. The number of benzene rings is 3. The average Bonchev–Trinajstić information content (AvgIpc) is 3.14. The van der Waals surface area contributed by atoms with Gasteiger partial charge in [-0.05, 0) is 102 Å². The second kappa shape index (κ2) is 18.3. The third-order valence-electron chi connectivity index (χ3n) is 11.6. The Kier molecular flexibility index (Phi) is 15.0. The highest BCUT2D eigenvalue weighted by molar-refractivity contribution is 5.99. The minimum atomic E-state index is -0.207. The molecule has 52 heavy (non-hydrogen) atoms. The van der Waals surface area contributed by atoms with Crippen molar-refractivity contribution in [3.05, 3.63) is 94.0 Å². The van der Waals surface area contributed by atoms with E-state index in [-0.39, 0.29) is 33.5 Å². The summed E-state index contributed by atoms with van der Waals surface area (Å²) in [6, 6.07) is 20.1. The Bertz CT molecular complexity index is 1520. The first-order chi connectivity index (χ1) is 24.4. The zero-order valence-corrected chi connectivity index (χ0v) is 34.5. The van der Waals surface area contributed by atoms with Crippen molar-refractivity contribution in [1.82, 2.24) is 10.6 Å². The summed E-state index contributed by atoms with van der Waals surface area (Å²) in [5.74, 6) is 1.41. The number of carbonyl (C=O) groups is 2. The van der Waals surface area contributed by atoms with Crippen LogP contribution in [0.4, 0.5) is 0 Å². The van der Waals surface area contributed by atoms with Gasteiger partial charge >= 0.3 is 0 Å². The number of hydrogen-bond acceptors (Lipinski definition) is 4. The predicted octanol–water partition coefficient (Wildman–Crippen LogP) is 10.8. The molecule has 0 saturated heterocycles. The second-order valence-electron chi connectivity index (χ2n) is 16.9. The number of carbonyl (C=O) groups excluding carboxylic acids is 2. The Labute approximate surface area is 315 Å². The molecule has 0 aliphatic heterocycles. The van der Waals surface area contributed by atoms with Crippen LogP contribution in [-0.4, -0.2) is 38.1 Å². The van der Waals surface area contributed by atoms with Gasteiger partial charge in [0.05, 0.1) is 13.2 Å². The van der Waals surface area contributed by atoms with Crippen molar-refractivity contribution in [1.29, 1.82) is 0 Å². The maximum atomic E-state index is 13.0. The van der Waals surface area contributed by atoms with Gasteiger partial charge in [0.1, 0.15) is 11.5 Å². The molecule has 2 amide bonds. The molecule has 0 bridgehead atoms. The lowest BCUT2D eigenvalue weighted by Gasteiger charge is -2.30. The van der Waals surface area contributed by atoms with Gasteiger partial charge in [0, 0.05) is 35.3 Å². The summed E-state index contributed by atoms with van der Waals surface area (Å²) in [7, 11) is 0. The quantitative estimate of drug-likeness (QED) is 0.114. The third-order valence-corrected chi connectivity index (χ3v) is 11.6. The van der Waals surface area contributed by atoms with Crippen molar-refractivity contribution >= 4 is 11.8 Å². The summed E-state index contributed by atoms with van der Waals surface area (Å²) in [6.07, 6.45) is 5.48. The number of rotatable bonds is 20. The molecule has 0 radical (unpaired) electrons. The fourth-order valence-electron chi connectivity index (χ4n) is 5.92. The van der Waals surface area contributed by atoms with Gasteiger partial charge in [0.2, 0.25) is 0 Å². The fourth-order valence-corrected chi connectivity index (χ4v) is 5.92. The summed E-state index contributed by atoms with van der Waals surface area (Å²) in [5, 5.41) is 5.97. The maximum absolute atomic E-state index is 13.0. The fraction of sp³-hybridized carbons (Fsp3) is 0.565. The summed E-state index contributed by atoms with van der Waals surface area (Å²) in [5.41, 5.74) is 6.21. The highest BCUT2D eigenvalue weighted by atomic mass is 16.5. The first kappa shape index (κ1) is 42.6. The normalized spacial score (nSPS) is 12.4. The van der Waals surface area contributed by atoms with Crippen LogP contribution in [0.5, 0.6) is 11.5 Å². The van der Waals surface area contributed by atoms with Crippen molar-refractivity contribution in [2.45, 2.75) is 143 Å². The van der Waals surface area contributed by atoms with E-state index >= 15 is 0 Å². The van der Waals surface area contributed by atoms with E-state index in [0.29, 0.717) is 50.3 Å². The molecule has 0 fully saturated rings. The first-order valence-corrected chi connectivity index (χ1v) is 19.6. The van der Waals surface area contributed by atoms with Gasteiger partial charge in [0.25, 0.3) is 11.8 Å². The SMILES string of the molecule is CCC(C)(C)c1ccc(OCCCNC(=O)c2cccc(C(=O)NCCCOc3ccc(C(C)(C)CC)cc3C(C)(C)CC)c2)c(C(C)(C)CC)c1. The standard InChI is InChI=1S/C46H68N2O4/c1-13-43(5,6)35-22-24-39(37(31-35)45(9,10)15-3)51-28-18-26-47-41(49)33-20-17-21-34(30-33)42(50)48-27-19-29-52-40-25-23-36(44(7,8)14-2)32-38(40)46(11,12)16-4/h17,20-25,30-32H,13-16,18-19,26-29H2,1-12H3,(H,47,49)(H,48,50). The minimum Gasteiger partial charge on any atom is -0.493 e. The molecular weight excluding hydrogens is 645 g/mol. The molecule has 0 aliphatic carbocycles. The average molecular weight is 713 g/mol. The Hall–Kier alpha value is -3.80. The minimum absolute atomic E-state index is 0.0111.